The molecule has 3 rings (SSSR count). The molecule has 0 saturated heterocycles. The van der Waals surface area contributed by atoms with E-state index in [4.69, 9.17) is 5.14 Å². The number of rotatable bonds is 5. The first-order valence-corrected chi connectivity index (χ1v) is 9.43. The highest BCUT2D eigenvalue weighted by atomic mass is 32.2. The lowest BCUT2D eigenvalue weighted by Gasteiger charge is -2.14. The highest BCUT2D eigenvalue weighted by Crippen LogP contribution is 2.31. The van der Waals surface area contributed by atoms with Crippen molar-refractivity contribution < 1.29 is 13.2 Å². The number of nitrogens with one attached hydrogen (secondary N) is 1. The molecule has 24 heavy (non-hydrogen) atoms. The lowest BCUT2D eigenvalue weighted by molar-refractivity contribution is -0.115. The molecule has 7 nitrogen and oxygen atoms in total. The summed E-state index contributed by atoms with van der Waals surface area (Å²) >= 11 is 0. The Morgan fingerprint density at radius 3 is 2.50 bits per heavy atom. The summed E-state index contributed by atoms with van der Waals surface area (Å²) < 4.78 is 24.3. The third kappa shape index (κ3) is 3.82. The summed E-state index contributed by atoms with van der Waals surface area (Å²) in [6.07, 6.45) is 6.39. The SMILES string of the molecule is NS(=O)(=O)c1ccc(CC(=O)Nc2ccnn2C2CCCC2)cc1. The maximum absolute atomic E-state index is 12.2. The maximum Gasteiger partial charge on any atom is 0.238 e. The van der Waals surface area contributed by atoms with Crippen molar-refractivity contribution in [3.63, 3.8) is 0 Å². The van der Waals surface area contributed by atoms with E-state index in [1.807, 2.05) is 4.68 Å². The monoisotopic (exact) mass is 348 g/mol. The zero-order valence-corrected chi connectivity index (χ0v) is 14.0. The number of hydrogen-bond donors (Lipinski definition) is 2. The van der Waals surface area contributed by atoms with Gasteiger partial charge < -0.3 is 5.32 Å². The van der Waals surface area contributed by atoms with Gasteiger partial charge in [-0.2, -0.15) is 5.10 Å². The topological polar surface area (TPSA) is 107 Å². The lowest BCUT2D eigenvalue weighted by Crippen LogP contribution is -2.19. The Morgan fingerprint density at radius 2 is 1.88 bits per heavy atom. The zero-order valence-electron chi connectivity index (χ0n) is 13.2. The second-order valence-electron chi connectivity index (χ2n) is 6.01. The fourth-order valence-electron chi connectivity index (χ4n) is 3.02. The van der Waals surface area contributed by atoms with Crippen molar-refractivity contribution in [3.8, 4) is 0 Å². The van der Waals surface area contributed by atoms with Gasteiger partial charge >= 0.3 is 0 Å². The van der Waals surface area contributed by atoms with Crippen LogP contribution >= 0.6 is 0 Å². The minimum absolute atomic E-state index is 0.0333. The number of anilines is 1. The van der Waals surface area contributed by atoms with Crippen molar-refractivity contribution in [3.05, 3.63) is 42.1 Å². The van der Waals surface area contributed by atoms with Gasteiger partial charge in [-0.15, -0.1) is 0 Å². The van der Waals surface area contributed by atoms with E-state index in [-0.39, 0.29) is 17.2 Å². The summed E-state index contributed by atoms with van der Waals surface area (Å²) in [5.74, 6) is 0.533. The third-order valence-corrected chi connectivity index (χ3v) is 5.15. The summed E-state index contributed by atoms with van der Waals surface area (Å²) in [6.45, 7) is 0. The average Bonchev–Trinajstić information content (AvgIpc) is 3.17. The molecule has 0 unspecified atom stereocenters. The van der Waals surface area contributed by atoms with Gasteiger partial charge in [-0.3, -0.25) is 4.79 Å². The Hall–Kier alpha value is -2.19. The van der Waals surface area contributed by atoms with Gasteiger partial charge in [0.2, 0.25) is 15.9 Å². The fraction of sp³-hybridized carbons (Fsp3) is 0.375. The number of aromatic nitrogens is 2. The molecular formula is C16H20N4O3S. The summed E-state index contributed by atoms with van der Waals surface area (Å²) in [4.78, 5) is 12.3. The van der Waals surface area contributed by atoms with Crippen LogP contribution in [0.4, 0.5) is 5.82 Å². The van der Waals surface area contributed by atoms with Gasteiger partial charge in [0.15, 0.2) is 0 Å². The number of carbonyl (C=O) groups excluding carboxylic acids is 1. The van der Waals surface area contributed by atoms with Gasteiger partial charge in [0.25, 0.3) is 0 Å². The fourth-order valence-corrected chi connectivity index (χ4v) is 3.54. The van der Waals surface area contributed by atoms with Gasteiger partial charge in [-0.05, 0) is 30.5 Å². The van der Waals surface area contributed by atoms with Gasteiger partial charge in [0.05, 0.1) is 23.6 Å². The number of sulfonamides is 1. The van der Waals surface area contributed by atoms with E-state index in [9.17, 15) is 13.2 Å². The molecular weight excluding hydrogens is 328 g/mol. The molecule has 128 valence electrons. The van der Waals surface area contributed by atoms with Crippen LogP contribution in [0, 0.1) is 0 Å². The Balaban J connectivity index is 1.65. The predicted molar refractivity (Wildman–Crippen MR) is 89.9 cm³/mol. The predicted octanol–water partition coefficient (Wildman–Crippen LogP) is 1.83. The molecule has 2 aromatic rings. The first-order valence-electron chi connectivity index (χ1n) is 7.88. The molecule has 1 aromatic heterocycles. The molecule has 3 N–H and O–H groups in total. The van der Waals surface area contributed by atoms with Crippen molar-refractivity contribution in [2.45, 2.75) is 43.0 Å². The minimum Gasteiger partial charge on any atom is -0.311 e. The average molecular weight is 348 g/mol. The van der Waals surface area contributed by atoms with Gasteiger partial charge in [-0.25, -0.2) is 18.2 Å². The first kappa shape index (κ1) is 16.7. The third-order valence-electron chi connectivity index (χ3n) is 4.22. The summed E-state index contributed by atoms with van der Waals surface area (Å²) in [6, 6.07) is 8.13. The van der Waals surface area contributed by atoms with Gasteiger partial charge in [0, 0.05) is 6.07 Å². The van der Waals surface area contributed by atoms with E-state index in [1.54, 1.807) is 24.4 Å². The minimum atomic E-state index is -3.72. The highest BCUT2D eigenvalue weighted by Gasteiger charge is 2.20. The highest BCUT2D eigenvalue weighted by molar-refractivity contribution is 7.89. The lowest BCUT2D eigenvalue weighted by atomic mass is 10.1. The molecule has 0 spiro atoms. The van der Waals surface area contributed by atoms with Crippen LogP contribution < -0.4 is 10.5 Å². The number of nitrogens with zero attached hydrogens (tertiary/aromatic N) is 2. The van der Waals surface area contributed by atoms with Crippen LogP contribution in [-0.2, 0) is 21.2 Å². The zero-order chi connectivity index (χ0) is 17.2. The standard InChI is InChI=1S/C16H20N4O3S/c17-24(22,23)14-7-5-12(6-8-14)11-16(21)19-15-9-10-18-20(15)13-3-1-2-4-13/h5-10,13H,1-4,11H2,(H,19,21)(H2,17,22,23). The quantitative estimate of drug-likeness (QED) is 0.859. The molecule has 0 bridgehead atoms. The van der Waals surface area contributed by atoms with Crippen LogP contribution in [-0.4, -0.2) is 24.1 Å². The van der Waals surface area contributed by atoms with Crippen LogP contribution in [0.3, 0.4) is 0 Å². The van der Waals surface area contributed by atoms with Crippen molar-refractivity contribution in [1.29, 1.82) is 0 Å². The summed E-state index contributed by atoms with van der Waals surface area (Å²) in [5, 5.41) is 12.3. The smallest absolute Gasteiger partial charge is 0.238 e. The Morgan fingerprint density at radius 1 is 1.21 bits per heavy atom. The molecule has 1 aliphatic rings. The number of nitrogens with two attached hydrogens (primary N) is 1. The molecule has 8 heteroatoms. The molecule has 1 aromatic carbocycles. The van der Waals surface area contributed by atoms with Gasteiger partial charge in [0.1, 0.15) is 5.82 Å². The van der Waals surface area contributed by atoms with Crippen molar-refractivity contribution >= 4 is 21.7 Å². The Bertz CT molecular complexity index is 821. The van der Waals surface area contributed by atoms with Crippen LogP contribution in [0.2, 0.25) is 0 Å². The molecule has 1 saturated carbocycles. The van der Waals surface area contributed by atoms with E-state index in [0.717, 1.165) is 12.8 Å². The largest absolute Gasteiger partial charge is 0.311 e. The van der Waals surface area contributed by atoms with Crippen LogP contribution in [0.15, 0.2) is 41.4 Å². The first-order chi connectivity index (χ1) is 11.4. The molecule has 0 aliphatic heterocycles. The molecule has 1 amide bonds. The number of carbonyl (C=O) groups is 1. The molecule has 0 radical (unpaired) electrons. The Kier molecular flexibility index (Phi) is 4.68. The van der Waals surface area contributed by atoms with E-state index < -0.39 is 10.0 Å². The van der Waals surface area contributed by atoms with Crippen molar-refractivity contribution in [1.82, 2.24) is 9.78 Å². The van der Waals surface area contributed by atoms with E-state index >= 15 is 0 Å². The number of primary sulfonamides is 1. The van der Waals surface area contributed by atoms with Crippen LogP contribution in [0.25, 0.3) is 0 Å². The Labute approximate surface area is 140 Å². The van der Waals surface area contributed by atoms with Crippen molar-refractivity contribution in [2.24, 2.45) is 5.14 Å². The van der Waals surface area contributed by atoms with E-state index in [0.29, 0.717) is 17.4 Å². The van der Waals surface area contributed by atoms with Gasteiger partial charge in [-0.1, -0.05) is 25.0 Å². The van der Waals surface area contributed by atoms with Crippen LogP contribution in [0.1, 0.15) is 37.3 Å². The summed E-state index contributed by atoms with van der Waals surface area (Å²) in [7, 11) is -3.72. The maximum atomic E-state index is 12.2. The summed E-state index contributed by atoms with van der Waals surface area (Å²) in [5.41, 5.74) is 0.715. The second-order valence-corrected chi connectivity index (χ2v) is 7.57. The molecule has 1 heterocycles. The van der Waals surface area contributed by atoms with Crippen molar-refractivity contribution in [2.75, 3.05) is 5.32 Å². The number of benzene rings is 1. The second kappa shape index (κ2) is 6.74. The van der Waals surface area contributed by atoms with E-state index in [2.05, 4.69) is 10.4 Å². The molecule has 1 fully saturated rings. The van der Waals surface area contributed by atoms with E-state index in [1.165, 1.54) is 25.0 Å². The number of amides is 1. The number of hydrogen-bond acceptors (Lipinski definition) is 4. The van der Waals surface area contributed by atoms with Crippen LogP contribution in [0.5, 0.6) is 0 Å². The molecule has 0 atom stereocenters. The molecule has 1 aliphatic carbocycles. The normalized spacial score (nSPS) is 15.5.